The Balaban J connectivity index is -0.000000539. The summed E-state index contributed by atoms with van der Waals surface area (Å²) in [5, 5.41) is 16.1. The Hall–Kier alpha value is -0.912. The van der Waals surface area contributed by atoms with Crippen LogP contribution in [0, 0.1) is 0 Å². The van der Waals surface area contributed by atoms with Gasteiger partial charge in [-0.05, 0) is 77.3 Å². The first-order valence-corrected chi connectivity index (χ1v) is 24.7. The number of carboxylic acids is 1. The van der Waals surface area contributed by atoms with Crippen molar-refractivity contribution < 1.29 is 42.2 Å². The maximum atomic E-state index is 10.7. The lowest BCUT2D eigenvalue weighted by molar-refractivity contribution is -0.139. The maximum absolute atomic E-state index is 10.7. The average molecular weight is 599 g/mol. The normalized spacial score (nSPS) is 11.2. The third kappa shape index (κ3) is 37.3. The molecule has 0 atom stereocenters. The lowest BCUT2D eigenvalue weighted by Gasteiger charge is -2.25. The second-order valence-electron chi connectivity index (χ2n) is 9.92. The van der Waals surface area contributed by atoms with E-state index in [1.54, 1.807) is 0 Å². The van der Waals surface area contributed by atoms with Crippen molar-refractivity contribution in [3.63, 3.8) is 0 Å². The van der Waals surface area contributed by atoms with Crippen LogP contribution in [0.1, 0.15) is 12.8 Å². The zero-order valence-corrected chi connectivity index (χ0v) is 28.9. The summed E-state index contributed by atoms with van der Waals surface area (Å²) in [4.78, 5) is 20.0. The number of esters is 1. The minimum Gasteiger partial charge on any atom is -0.478 e. The number of ether oxygens (including phenoxy) is 3. The van der Waals surface area contributed by atoms with E-state index in [0.29, 0.717) is 26.4 Å². The van der Waals surface area contributed by atoms with E-state index in [1.165, 1.54) is 0 Å². The van der Waals surface area contributed by atoms with E-state index in [2.05, 4.69) is 65.5 Å². The van der Waals surface area contributed by atoms with Gasteiger partial charge in [0.1, 0.15) is 6.61 Å². The minimum atomic E-state index is -1.48. The predicted octanol–water partition coefficient (Wildman–Crippen LogP) is 4.17. The molecule has 220 valence electrons. The number of carbonyl (C=O) groups is 2. The smallest absolute Gasteiger partial charge is 0.330 e. The summed E-state index contributed by atoms with van der Waals surface area (Å²) in [7, 11) is -4.69. The van der Waals surface area contributed by atoms with E-state index < -0.39 is 46.7 Å². The fourth-order valence-electron chi connectivity index (χ4n) is 3.12. The third-order valence-corrected chi connectivity index (χ3v) is 16.3. The van der Waals surface area contributed by atoms with E-state index >= 15 is 0 Å². The van der Waals surface area contributed by atoms with Crippen molar-refractivity contribution in [1.29, 1.82) is 0 Å². The van der Waals surface area contributed by atoms with Crippen LogP contribution in [0.4, 0.5) is 0 Å². The van der Waals surface area contributed by atoms with Crippen LogP contribution in [0.3, 0.4) is 0 Å². The summed E-state index contributed by atoms with van der Waals surface area (Å²) >= 11 is 0. The molecule has 0 aliphatic rings. The van der Waals surface area contributed by atoms with E-state index in [4.69, 9.17) is 32.7 Å². The van der Waals surface area contributed by atoms with Crippen molar-refractivity contribution in [2.45, 2.75) is 77.3 Å². The van der Waals surface area contributed by atoms with Gasteiger partial charge in [-0.3, -0.25) is 0 Å². The fraction of sp³-hybridized carbons (Fsp3) is 0.750. The minimum absolute atomic E-state index is 0.121. The molecule has 0 aromatic carbocycles. The van der Waals surface area contributed by atoms with Gasteiger partial charge in [0.15, 0.2) is 34.7 Å². The molecule has 0 radical (unpaired) electrons. The molecule has 0 unspecified atom stereocenters. The van der Waals surface area contributed by atoms with Crippen LogP contribution in [0.25, 0.3) is 0 Å². The summed E-state index contributed by atoms with van der Waals surface area (Å²) in [5.74, 6) is -1.38. The largest absolute Gasteiger partial charge is 0.478 e. The molecule has 0 saturated heterocycles. The molecule has 0 aromatic rings. The SMILES string of the molecule is C=CC(=O)O.C=CC(=O)OCCOCCC[Si](C)(C)O[SiH](C)C.C[SiH](C)O[Si](C)(C)CCCOCCO. The molecule has 37 heavy (non-hydrogen) atoms. The molecule has 0 saturated carbocycles. The molecule has 0 aliphatic carbocycles. The number of aliphatic hydroxyl groups is 1. The first-order chi connectivity index (χ1) is 17.1. The van der Waals surface area contributed by atoms with Gasteiger partial charge in [0.05, 0.1) is 19.8 Å². The molecule has 0 spiro atoms. The number of rotatable bonds is 19. The molecule has 0 rings (SSSR count). The number of aliphatic hydroxyl groups excluding tert-OH is 1. The molecule has 0 bridgehead atoms. The van der Waals surface area contributed by atoms with Crippen LogP contribution in [0.2, 0.25) is 64.5 Å². The van der Waals surface area contributed by atoms with Crippen molar-refractivity contribution in [3.05, 3.63) is 25.3 Å². The quantitative estimate of drug-likeness (QED) is 0.0976. The Bertz CT molecular complexity index is 601. The third-order valence-electron chi connectivity index (χ3n) is 4.29. The molecular formula is C24H54O9Si4. The molecule has 9 nitrogen and oxygen atoms in total. The number of carbonyl (C=O) groups excluding carboxylic acids is 1. The highest BCUT2D eigenvalue weighted by atomic mass is 28.4. The number of carboxylic acid groups (broad SMARTS) is 1. The standard InChI is InChI=1S/C12H26O4Si2.C9H24O3Si2.C3H4O2/c1-6-12(13)15-10-9-14-8-7-11-18(4,5)16-17(2)3;1-13(2)12-14(3,4)9-5-7-11-8-6-10;1-2-3(4)5/h6,17H,1,7-11H2,2-5H3;10,13H,5-9H2,1-4H3;2H,1H2,(H,4,5). The molecule has 0 fully saturated rings. The van der Waals surface area contributed by atoms with Crippen molar-refractivity contribution in [1.82, 2.24) is 0 Å². The van der Waals surface area contributed by atoms with E-state index in [1.807, 2.05) is 0 Å². The molecule has 2 N–H and O–H groups in total. The second-order valence-corrected chi connectivity index (χ2v) is 24.0. The highest BCUT2D eigenvalue weighted by molar-refractivity contribution is 6.78. The number of aliphatic carboxylic acids is 1. The highest BCUT2D eigenvalue weighted by Gasteiger charge is 2.23. The Morgan fingerprint density at radius 1 is 0.757 bits per heavy atom. The van der Waals surface area contributed by atoms with Crippen molar-refractivity contribution in [2.24, 2.45) is 0 Å². The average Bonchev–Trinajstić information content (AvgIpc) is 2.77. The molecule has 0 aliphatic heterocycles. The van der Waals surface area contributed by atoms with Gasteiger partial charge in [-0.25, -0.2) is 9.59 Å². The fourth-order valence-corrected chi connectivity index (χ4v) is 16.3. The van der Waals surface area contributed by atoms with Crippen LogP contribution < -0.4 is 0 Å². The first-order valence-electron chi connectivity index (χ1n) is 12.9. The van der Waals surface area contributed by atoms with Crippen LogP contribution in [0.5, 0.6) is 0 Å². The molecule has 0 aromatic heterocycles. The molecular weight excluding hydrogens is 545 g/mol. The summed E-state index contributed by atoms with van der Waals surface area (Å²) < 4.78 is 27.5. The zero-order chi connectivity index (χ0) is 29.3. The van der Waals surface area contributed by atoms with Crippen LogP contribution in [-0.4, -0.2) is 96.5 Å². The van der Waals surface area contributed by atoms with E-state index in [-0.39, 0.29) is 6.61 Å². The topological polar surface area (TPSA) is 121 Å². The molecule has 13 heteroatoms. The van der Waals surface area contributed by atoms with Gasteiger partial charge in [-0.2, -0.15) is 0 Å². The van der Waals surface area contributed by atoms with Gasteiger partial charge in [0, 0.05) is 25.4 Å². The first kappa shape index (κ1) is 40.6. The van der Waals surface area contributed by atoms with Gasteiger partial charge in [0.2, 0.25) is 0 Å². The summed E-state index contributed by atoms with van der Waals surface area (Å²) in [6.45, 7) is 27.0. The van der Waals surface area contributed by atoms with Crippen molar-refractivity contribution in [3.8, 4) is 0 Å². The Kier molecular flexibility index (Phi) is 27.8. The van der Waals surface area contributed by atoms with Gasteiger partial charge in [-0.15, -0.1) is 0 Å². The van der Waals surface area contributed by atoms with Crippen molar-refractivity contribution in [2.75, 3.05) is 39.6 Å². The second kappa shape index (κ2) is 25.4. The monoisotopic (exact) mass is 598 g/mol. The Morgan fingerprint density at radius 3 is 1.49 bits per heavy atom. The lowest BCUT2D eigenvalue weighted by atomic mass is 10.5. The Labute approximate surface area is 230 Å². The summed E-state index contributed by atoms with van der Waals surface area (Å²) in [6, 6.07) is 2.27. The van der Waals surface area contributed by atoms with Gasteiger partial charge in [-0.1, -0.05) is 13.2 Å². The number of hydrogen-bond donors (Lipinski definition) is 2. The predicted molar refractivity (Wildman–Crippen MR) is 161 cm³/mol. The Morgan fingerprint density at radius 2 is 1.16 bits per heavy atom. The molecule has 0 heterocycles. The number of hydrogen-bond acceptors (Lipinski definition) is 8. The van der Waals surface area contributed by atoms with E-state index in [0.717, 1.165) is 43.7 Å². The zero-order valence-electron chi connectivity index (χ0n) is 24.5. The van der Waals surface area contributed by atoms with Crippen molar-refractivity contribution >= 4 is 46.7 Å². The maximum Gasteiger partial charge on any atom is 0.330 e. The summed E-state index contributed by atoms with van der Waals surface area (Å²) in [6.07, 6.45) is 4.05. The van der Waals surface area contributed by atoms with Gasteiger partial charge in [0.25, 0.3) is 0 Å². The van der Waals surface area contributed by atoms with Crippen LogP contribution >= 0.6 is 0 Å². The van der Waals surface area contributed by atoms with Crippen LogP contribution in [0.15, 0.2) is 25.3 Å². The summed E-state index contributed by atoms with van der Waals surface area (Å²) in [5.41, 5.74) is 0. The van der Waals surface area contributed by atoms with Gasteiger partial charge >= 0.3 is 11.9 Å². The molecule has 0 amide bonds. The van der Waals surface area contributed by atoms with E-state index in [9.17, 15) is 9.59 Å². The lowest BCUT2D eigenvalue weighted by Crippen LogP contribution is -2.35. The van der Waals surface area contributed by atoms with Crippen LogP contribution in [-0.2, 0) is 32.0 Å². The highest BCUT2D eigenvalue weighted by Crippen LogP contribution is 2.15. The van der Waals surface area contributed by atoms with Gasteiger partial charge < -0.3 is 32.7 Å².